The molecule has 2 aromatic rings. The molecule has 0 saturated heterocycles. The molecule has 190 valence electrons. The molecule has 0 spiro atoms. The van der Waals surface area contributed by atoms with Gasteiger partial charge in [-0.1, -0.05) is 43.0 Å². The molecule has 3 rings (SSSR count). The minimum atomic E-state index is 0.297. The Balaban J connectivity index is 1.74. The molecule has 1 saturated carbocycles. The Hall–Kier alpha value is -3.18. The molecule has 1 fully saturated rings. The monoisotopic (exact) mass is 505 g/mol. The van der Waals surface area contributed by atoms with Crippen LogP contribution in [0.25, 0.3) is 0 Å². The Bertz CT molecular complexity index is 1070. The van der Waals surface area contributed by atoms with Crippen LogP contribution in [0.5, 0.6) is 0 Å². The first-order chi connectivity index (χ1) is 17.6. The third-order valence-corrected chi connectivity index (χ3v) is 6.52. The second-order valence-corrected chi connectivity index (χ2v) is 9.21. The molecule has 0 unspecified atom stereocenters. The highest BCUT2D eigenvalue weighted by molar-refractivity contribution is 6.45. The molecule has 1 aliphatic carbocycles. The molecule has 0 atom stereocenters. The van der Waals surface area contributed by atoms with Crippen LogP contribution in [0.1, 0.15) is 37.7 Å². The molecule has 0 bridgehead atoms. The number of rotatable bonds is 12. The predicted molar refractivity (Wildman–Crippen MR) is 153 cm³/mol. The number of aliphatic imine (C=N–C) groups is 2. The van der Waals surface area contributed by atoms with Gasteiger partial charge in [0.15, 0.2) is 5.84 Å². The van der Waals surface area contributed by atoms with E-state index in [9.17, 15) is 5.26 Å². The van der Waals surface area contributed by atoms with Crippen LogP contribution in [0.4, 0.5) is 17.1 Å². The van der Waals surface area contributed by atoms with Gasteiger partial charge in [-0.3, -0.25) is 4.99 Å². The summed E-state index contributed by atoms with van der Waals surface area (Å²) in [5, 5.41) is 19.9. The SMILES string of the molecule is C=N/C=C(Cl)\C(=N/c1ccc(N(CCNC)CCNC2CCCCC2)cc1)Nc1ccccc1C#N. The lowest BCUT2D eigenvalue weighted by Gasteiger charge is -2.28. The van der Waals surface area contributed by atoms with E-state index in [1.54, 1.807) is 6.07 Å². The van der Waals surface area contributed by atoms with Gasteiger partial charge in [0.1, 0.15) is 11.1 Å². The molecule has 0 heterocycles. The van der Waals surface area contributed by atoms with Crippen LogP contribution in [0.3, 0.4) is 0 Å². The van der Waals surface area contributed by atoms with E-state index in [4.69, 9.17) is 16.6 Å². The van der Waals surface area contributed by atoms with Crippen molar-refractivity contribution in [3.8, 4) is 6.07 Å². The van der Waals surface area contributed by atoms with Gasteiger partial charge in [-0.2, -0.15) is 5.26 Å². The maximum atomic E-state index is 9.42. The van der Waals surface area contributed by atoms with Crippen molar-refractivity contribution in [2.75, 3.05) is 43.4 Å². The maximum absolute atomic E-state index is 9.42. The fourth-order valence-electron chi connectivity index (χ4n) is 4.29. The number of hydrogen-bond acceptors (Lipinski definition) is 6. The molecule has 0 amide bonds. The number of nitriles is 1. The number of anilines is 2. The molecule has 3 N–H and O–H groups in total. The van der Waals surface area contributed by atoms with E-state index in [1.165, 1.54) is 38.3 Å². The van der Waals surface area contributed by atoms with Crippen LogP contribution in [-0.4, -0.2) is 51.8 Å². The molecule has 0 aliphatic heterocycles. The van der Waals surface area contributed by atoms with Gasteiger partial charge in [0.25, 0.3) is 0 Å². The van der Waals surface area contributed by atoms with Crippen LogP contribution in [-0.2, 0) is 0 Å². The lowest BCUT2D eigenvalue weighted by Crippen LogP contribution is -2.40. The summed E-state index contributed by atoms with van der Waals surface area (Å²) < 4.78 is 0. The largest absolute Gasteiger partial charge is 0.369 e. The normalized spacial score (nSPS) is 14.8. The summed E-state index contributed by atoms with van der Waals surface area (Å²) in [7, 11) is 1.98. The topological polar surface area (TPSA) is 87.8 Å². The third kappa shape index (κ3) is 8.49. The average Bonchev–Trinajstić information content (AvgIpc) is 2.91. The summed E-state index contributed by atoms with van der Waals surface area (Å²) in [4.78, 5) is 10.8. The smallest absolute Gasteiger partial charge is 0.151 e. The molecule has 36 heavy (non-hydrogen) atoms. The molecule has 1 aliphatic rings. The first-order valence-corrected chi connectivity index (χ1v) is 12.9. The molecular weight excluding hydrogens is 470 g/mol. The minimum absolute atomic E-state index is 0.297. The van der Waals surface area contributed by atoms with E-state index in [2.05, 4.69) is 50.8 Å². The van der Waals surface area contributed by atoms with Crippen molar-refractivity contribution in [3.63, 3.8) is 0 Å². The summed E-state index contributed by atoms with van der Waals surface area (Å²) in [6.45, 7) is 7.22. The lowest BCUT2D eigenvalue weighted by atomic mass is 9.95. The fourth-order valence-corrected chi connectivity index (χ4v) is 4.45. The Kier molecular flexibility index (Phi) is 11.5. The summed E-state index contributed by atoms with van der Waals surface area (Å²) in [5.41, 5.74) is 3.00. The van der Waals surface area contributed by atoms with Crippen molar-refractivity contribution >= 4 is 41.2 Å². The summed E-state index contributed by atoms with van der Waals surface area (Å²) in [5.74, 6) is 0.392. The van der Waals surface area contributed by atoms with Gasteiger partial charge in [0.2, 0.25) is 0 Å². The fraction of sp³-hybridized carbons (Fsp3) is 0.393. The van der Waals surface area contributed by atoms with Crippen LogP contribution in [0.2, 0.25) is 0 Å². The highest BCUT2D eigenvalue weighted by Crippen LogP contribution is 2.23. The number of amidine groups is 1. The molecule has 8 heteroatoms. The van der Waals surface area contributed by atoms with Gasteiger partial charge in [0, 0.05) is 44.1 Å². The molecule has 2 aromatic carbocycles. The standard InChI is InChI=1S/C28H36ClN7/c1-31-16-18-36(19-17-33-23-9-4-3-5-10-23)25-14-12-24(13-15-25)34-28(26(29)21-32-2)35-27-11-7-6-8-22(27)20-30/h6-8,11-15,21,23,31,33H,2-5,9-10,16-19H2,1H3,(H,34,35)/b26-21+. The number of para-hydroxylation sites is 1. The van der Waals surface area contributed by atoms with Crippen molar-refractivity contribution in [1.82, 2.24) is 10.6 Å². The zero-order chi connectivity index (χ0) is 25.6. The maximum Gasteiger partial charge on any atom is 0.151 e. The quantitative estimate of drug-likeness (QED) is 0.264. The zero-order valence-corrected chi connectivity index (χ0v) is 21.8. The summed E-state index contributed by atoms with van der Waals surface area (Å²) in [6.07, 6.45) is 8.05. The zero-order valence-electron chi connectivity index (χ0n) is 21.0. The van der Waals surface area contributed by atoms with Gasteiger partial charge in [0.05, 0.1) is 16.9 Å². The van der Waals surface area contributed by atoms with Crippen molar-refractivity contribution in [2.45, 2.75) is 38.1 Å². The molecule has 0 aromatic heterocycles. The number of likely N-dealkylation sites (N-methyl/N-ethyl adjacent to an activating group) is 1. The van der Waals surface area contributed by atoms with E-state index in [1.807, 2.05) is 37.4 Å². The van der Waals surface area contributed by atoms with E-state index >= 15 is 0 Å². The van der Waals surface area contributed by atoms with Crippen LogP contribution in [0, 0.1) is 11.3 Å². The van der Waals surface area contributed by atoms with Crippen LogP contribution >= 0.6 is 11.6 Å². The number of benzene rings is 2. The first kappa shape index (κ1) is 27.4. The van der Waals surface area contributed by atoms with Gasteiger partial charge in [-0.05, 0) is 63.0 Å². The van der Waals surface area contributed by atoms with E-state index in [0.717, 1.165) is 37.6 Å². The number of nitrogens with one attached hydrogen (secondary N) is 3. The number of hydrogen-bond donors (Lipinski definition) is 3. The molecule has 7 nitrogen and oxygen atoms in total. The van der Waals surface area contributed by atoms with Crippen molar-refractivity contribution in [2.24, 2.45) is 9.98 Å². The van der Waals surface area contributed by atoms with Gasteiger partial charge >= 0.3 is 0 Å². The van der Waals surface area contributed by atoms with Gasteiger partial charge in [-0.25, -0.2) is 4.99 Å². The Labute approximate surface area is 220 Å². The second-order valence-electron chi connectivity index (χ2n) is 8.80. The van der Waals surface area contributed by atoms with Crippen molar-refractivity contribution in [3.05, 3.63) is 65.3 Å². The first-order valence-electron chi connectivity index (χ1n) is 12.5. The van der Waals surface area contributed by atoms with Crippen molar-refractivity contribution in [1.29, 1.82) is 5.26 Å². The minimum Gasteiger partial charge on any atom is -0.369 e. The highest BCUT2D eigenvalue weighted by Gasteiger charge is 2.14. The highest BCUT2D eigenvalue weighted by atomic mass is 35.5. The van der Waals surface area contributed by atoms with Crippen molar-refractivity contribution < 1.29 is 0 Å². The van der Waals surface area contributed by atoms with Crippen LogP contribution < -0.4 is 20.9 Å². The van der Waals surface area contributed by atoms with Gasteiger partial charge < -0.3 is 20.9 Å². The van der Waals surface area contributed by atoms with E-state index in [0.29, 0.717) is 28.2 Å². The Morgan fingerprint density at radius 3 is 2.53 bits per heavy atom. The lowest BCUT2D eigenvalue weighted by molar-refractivity contribution is 0.376. The van der Waals surface area contributed by atoms with Crippen LogP contribution in [0.15, 0.2) is 69.7 Å². The third-order valence-electron chi connectivity index (χ3n) is 6.24. The second kappa shape index (κ2) is 15.0. The summed E-state index contributed by atoms with van der Waals surface area (Å²) in [6, 6.07) is 18.1. The van der Waals surface area contributed by atoms with E-state index < -0.39 is 0 Å². The Morgan fingerprint density at radius 2 is 1.83 bits per heavy atom. The average molecular weight is 506 g/mol. The Morgan fingerprint density at radius 1 is 1.11 bits per heavy atom. The molecular formula is C28H36ClN7. The van der Waals surface area contributed by atoms with E-state index in [-0.39, 0.29) is 0 Å². The van der Waals surface area contributed by atoms with Gasteiger partial charge in [-0.15, -0.1) is 0 Å². The predicted octanol–water partition coefficient (Wildman–Crippen LogP) is 5.43. The molecule has 0 radical (unpaired) electrons. The number of nitrogens with zero attached hydrogens (tertiary/aromatic N) is 4. The summed E-state index contributed by atoms with van der Waals surface area (Å²) >= 11 is 6.43. The number of halogens is 1.